The Morgan fingerprint density at radius 3 is 2.25 bits per heavy atom. The predicted molar refractivity (Wildman–Crippen MR) is 97.0 cm³/mol. The summed E-state index contributed by atoms with van der Waals surface area (Å²) in [6.07, 6.45) is -1.08. The quantitative estimate of drug-likeness (QED) is 0.657. The zero-order valence-corrected chi connectivity index (χ0v) is 16.2. The minimum absolute atomic E-state index is 0.112. The molecule has 0 radical (unpaired) electrons. The summed E-state index contributed by atoms with van der Waals surface area (Å²) in [6, 6.07) is 7.15. The molecule has 8 heteroatoms. The smallest absolute Gasteiger partial charge is 0.335 e. The van der Waals surface area contributed by atoms with Gasteiger partial charge in [-0.2, -0.15) is 18.2 Å². The van der Waals surface area contributed by atoms with Crippen LogP contribution in [-0.4, -0.2) is 27.0 Å². The molecule has 28 heavy (non-hydrogen) atoms. The van der Waals surface area contributed by atoms with Gasteiger partial charge >= 0.3 is 12.1 Å². The molecule has 3 rings (SSSR count). The summed E-state index contributed by atoms with van der Waals surface area (Å²) < 4.78 is 42.1. The van der Waals surface area contributed by atoms with Gasteiger partial charge in [0.05, 0.1) is 0 Å². The van der Waals surface area contributed by atoms with Crippen LogP contribution in [0.25, 0.3) is 11.4 Å². The molecule has 1 aliphatic carbocycles. The number of benzene rings is 1. The number of aromatic nitrogens is 2. The fourth-order valence-electron chi connectivity index (χ4n) is 3.06. The fourth-order valence-corrected chi connectivity index (χ4v) is 3.06. The maximum atomic E-state index is 13.1. The summed E-state index contributed by atoms with van der Waals surface area (Å²) in [5, 5.41) is 3.39. The summed E-state index contributed by atoms with van der Waals surface area (Å²) in [5.74, 6) is -1.31. The standard InChI is InChI=1S/C20H24F3N3O2/c1-4-19(3,5-2)18(27)26(15-10-11-15)12-13-6-8-14(9-7-13)16-24-17(28-25-16)20(21,22)23/h6-9,15H,4-5,10-12H2,1-3H3. The van der Waals surface area contributed by atoms with Gasteiger partial charge in [0.25, 0.3) is 0 Å². The Morgan fingerprint density at radius 2 is 1.79 bits per heavy atom. The van der Waals surface area contributed by atoms with Crippen molar-refractivity contribution in [3.63, 3.8) is 0 Å². The molecule has 0 atom stereocenters. The molecule has 0 N–H and O–H groups in total. The van der Waals surface area contributed by atoms with Crippen LogP contribution in [0.1, 0.15) is 57.9 Å². The van der Waals surface area contributed by atoms with Crippen LogP contribution in [0.2, 0.25) is 0 Å². The summed E-state index contributed by atoms with van der Waals surface area (Å²) in [6.45, 7) is 6.55. The Kier molecular flexibility index (Phi) is 5.50. The van der Waals surface area contributed by atoms with Crippen LogP contribution in [-0.2, 0) is 17.5 Å². The Morgan fingerprint density at radius 1 is 1.18 bits per heavy atom. The number of hydrogen-bond acceptors (Lipinski definition) is 4. The number of rotatable bonds is 7. The largest absolute Gasteiger partial charge is 0.471 e. The molecular formula is C20H24F3N3O2. The number of amides is 1. The zero-order valence-electron chi connectivity index (χ0n) is 16.2. The molecule has 1 aliphatic rings. The normalized spacial score (nSPS) is 14.9. The van der Waals surface area contributed by atoms with Crippen LogP contribution in [0.5, 0.6) is 0 Å². The van der Waals surface area contributed by atoms with Crippen LogP contribution in [0.3, 0.4) is 0 Å². The monoisotopic (exact) mass is 395 g/mol. The van der Waals surface area contributed by atoms with Crippen molar-refractivity contribution in [1.29, 1.82) is 0 Å². The van der Waals surface area contributed by atoms with E-state index in [2.05, 4.69) is 14.7 Å². The van der Waals surface area contributed by atoms with E-state index in [1.807, 2.05) is 25.7 Å². The van der Waals surface area contributed by atoms with E-state index in [9.17, 15) is 18.0 Å². The fraction of sp³-hybridized carbons (Fsp3) is 0.550. The molecule has 1 saturated carbocycles. The van der Waals surface area contributed by atoms with E-state index in [1.165, 1.54) is 0 Å². The average molecular weight is 395 g/mol. The number of carbonyl (C=O) groups is 1. The van der Waals surface area contributed by atoms with Crippen molar-refractivity contribution in [2.24, 2.45) is 5.41 Å². The minimum Gasteiger partial charge on any atom is -0.335 e. The maximum absolute atomic E-state index is 13.1. The molecule has 0 spiro atoms. The molecule has 1 aromatic carbocycles. The number of alkyl halides is 3. The lowest BCUT2D eigenvalue weighted by Gasteiger charge is -2.33. The summed E-state index contributed by atoms with van der Waals surface area (Å²) in [5.41, 5.74) is 0.971. The molecule has 1 amide bonds. The van der Waals surface area contributed by atoms with Crippen molar-refractivity contribution in [2.45, 2.75) is 65.2 Å². The first kappa shape index (κ1) is 20.4. The Labute approximate surface area is 161 Å². The lowest BCUT2D eigenvalue weighted by molar-refractivity contribution is -0.159. The van der Waals surface area contributed by atoms with Gasteiger partial charge < -0.3 is 9.42 Å². The molecule has 152 valence electrons. The molecule has 1 heterocycles. The van der Waals surface area contributed by atoms with Crippen molar-refractivity contribution in [1.82, 2.24) is 15.0 Å². The van der Waals surface area contributed by atoms with Gasteiger partial charge in [-0.15, -0.1) is 0 Å². The maximum Gasteiger partial charge on any atom is 0.471 e. The molecule has 1 fully saturated rings. The lowest BCUT2D eigenvalue weighted by atomic mass is 9.83. The third kappa shape index (κ3) is 4.20. The van der Waals surface area contributed by atoms with Gasteiger partial charge in [0, 0.05) is 23.6 Å². The van der Waals surface area contributed by atoms with Gasteiger partial charge in [0.1, 0.15) is 0 Å². The van der Waals surface area contributed by atoms with E-state index < -0.39 is 12.1 Å². The zero-order chi connectivity index (χ0) is 20.5. The topological polar surface area (TPSA) is 59.2 Å². The molecule has 0 bridgehead atoms. The van der Waals surface area contributed by atoms with Gasteiger partial charge in [0.2, 0.25) is 11.7 Å². The Bertz CT molecular complexity index is 822. The summed E-state index contributed by atoms with van der Waals surface area (Å²) >= 11 is 0. The first-order chi connectivity index (χ1) is 13.2. The van der Waals surface area contributed by atoms with E-state index in [0.29, 0.717) is 12.1 Å². The van der Waals surface area contributed by atoms with E-state index in [-0.39, 0.29) is 23.2 Å². The highest BCUT2D eigenvalue weighted by atomic mass is 19.4. The molecule has 5 nitrogen and oxygen atoms in total. The number of carbonyl (C=O) groups excluding carboxylic acids is 1. The summed E-state index contributed by atoms with van der Waals surface area (Å²) in [4.78, 5) is 18.4. The second-order valence-corrected chi connectivity index (χ2v) is 7.55. The SMILES string of the molecule is CCC(C)(CC)C(=O)N(Cc1ccc(-c2noc(C(F)(F)F)n2)cc1)C1CC1. The highest BCUT2D eigenvalue weighted by Gasteiger charge is 2.40. The predicted octanol–water partition coefficient (Wildman–Crippen LogP) is 5.07. The first-order valence-electron chi connectivity index (χ1n) is 9.49. The van der Waals surface area contributed by atoms with Crippen molar-refractivity contribution in [2.75, 3.05) is 0 Å². The highest BCUT2D eigenvalue weighted by Crippen LogP contribution is 2.36. The first-order valence-corrected chi connectivity index (χ1v) is 9.49. The molecule has 1 aromatic heterocycles. The van der Waals surface area contributed by atoms with E-state index in [4.69, 9.17) is 0 Å². The molecule has 0 aliphatic heterocycles. The highest BCUT2D eigenvalue weighted by molar-refractivity contribution is 5.82. The van der Waals surface area contributed by atoms with Crippen LogP contribution >= 0.6 is 0 Å². The number of hydrogen-bond donors (Lipinski definition) is 0. The van der Waals surface area contributed by atoms with Gasteiger partial charge in [-0.3, -0.25) is 4.79 Å². The van der Waals surface area contributed by atoms with Crippen LogP contribution in [0, 0.1) is 5.41 Å². The second kappa shape index (κ2) is 7.56. The molecular weight excluding hydrogens is 371 g/mol. The lowest BCUT2D eigenvalue weighted by Crippen LogP contribution is -2.42. The second-order valence-electron chi connectivity index (χ2n) is 7.55. The number of halogens is 3. The van der Waals surface area contributed by atoms with Crippen LogP contribution < -0.4 is 0 Å². The van der Waals surface area contributed by atoms with E-state index >= 15 is 0 Å². The number of nitrogens with zero attached hydrogens (tertiary/aromatic N) is 3. The van der Waals surface area contributed by atoms with Gasteiger partial charge in [-0.05, 0) is 31.2 Å². The molecule has 0 unspecified atom stereocenters. The van der Waals surface area contributed by atoms with Crippen LogP contribution in [0.4, 0.5) is 13.2 Å². The van der Waals surface area contributed by atoms with Crippen molar-refractivity contribution in [3.05, 3.63) is 35.7 Å². The van der Waals surface area contributed by atoms with E-state index in [1.54, 1.807) is 24.3 Å². The van der Waals surface area contributed by atoms with Gasteiger partial charge in [-0.1, -0.05) is 50.2 Å². The van der Waals surface area contributed by atoms with Gasteiger partial charge in [-0.25, -0.2) is 0 Å². The third-order valence-electron chi connectivity index (χ3n) is 5.56. The molecule has 0 saturated heterocycles. The van der Waals surface area contributed by atoms with Crippen molar-refractivity contribution < 1.29 is 22.5 Å². The Hall–Kier alpha value is -2.38. The van der Waals surface area contributed by atoms with E-state index in [0.717, 1.165) is 31.2 Å². The Balaban J connectivity index is 1.75. The van der Waals surface area contributed by atoms with Crippen LogP contribution in [0.15, 0.2) is 28.8 Å². The average Bonchev–Trinajstić information content (AvgIpc) is 3.39. The van der Waals surface area contributed by atoms with Gasteiger partial charge in [0.15, 0.2) is 0 Å². The van der Waals surface area contributed by atoms with Crippen molar-refractivity contribution in [3.8, 4) is 11.4 Å². The van der Waals surface area contributed by atoms with Crippen molar-refractivity contribution >= 4 is 5.91 Å². The third-order valence-corrected chi connectivity index (χ3v) is 5.56. The minimum atomic E-state index is -4.67. The molecule has 2 aromatic rings. The summed E-state index contributed by atoms with van der Waals surface area (Å²) in [7, 11) is 0.